The zero-order valence-electron chi connectivity index (χ0n) is 14.7. The maximum atomic E-state index is 12.4. The number of nitrogens with zero attached hydrogens (tertiary/aromatic N) is 1. The Bertz CT molecular complexity index is 747. The molecule has 2 heterocycles. The molecule has 0 atom stereocenters. The molecule has 1 aromatic carbocycles. The van der Waals surface area contributed by atoms with Crippen molar-refractivity contribution >= 4 is 17.2 Å². The maximum Gasteiger partial charge on any atom is 0.234 e. The van der Waals surface area contributed by atoms with Gasteiger partial charge in [0, 0.05) is 18.0 Å². The minimum Gasteiger partial charge on any atom is -0.497 e. The highest BCUT2D eigenvalue weighted by molar-refractivity contribution is 7.09. The van der Waals surface area contributed by atoms with E-state index in [1.807, 2.05) is 47.8 Å². The third kappa shape index (κ3) is 5.47. The molecule has 0 unspecified atom stereocenters. The van der Waals surface area contributed by atoms with Crippen LogP contribution in [0.15, 0.2) is 64.6 Å². The number of ether oxygens (including phenoxy) is 1. The highest BCUT2D eigenvalue weighted by atomic mass is 32.1. The Kier molecular flexibility index (Phi) is 6.46. The third-order valence-corrected chi connectivity index (χ3v) is 4.80. The van der Waals surface area contributed by atoms with E-state index in [1.54, 1.807) is 24.7 Å². The Morgan fingerprint density at radius 3 is 2.65 bits per heavy atom. The molecule has 0 aliphatic heterocycles. The first-order valence-electron chi connectivity index (χ1n) is 8.39. The van der Waals surface area contributed by atoms with Gasteiger partial charge in [-0.1, -0.05) is 18.2 Å². The monoisotopic (exact) mass is 370 g/mol. The number of hydrogen-bond donors (Lipinski definition) is 1. The topological polar surface area (TPSA) is 54.7 Å². The molecule has 6 heteroatoms. The number of carbonyl (C=O) groups is 1. The summed E-state index contributed by atoms with van der Waals surface area (Å²) in [5.74, 6) is 1.65. The molecule has 2 aromatic heterocycles. The molecular formula is C20H22N2O3S. The van der Waals surface area contributed by atoms with Gasteiger partial charge in [0.1, 0.15) is 11.5 Å². The van der Waals surface area contributed by atoms with E-state index >= 15 is 0 Å². The molecule has 3 aromatic rings. The van der Waals surface area contributed by atoms with E-state index < -0.39 is 0 Å². The number of furan rings is 1. The minimum atomic E-state index is -0.0102. The third-order valence-electron chi connectivity index (χ3n) is 3.94. The first-order chi connectivity index (χ1) is 12.7. The average molecular weight is 370 g/mol. The summed E-state index contributed by atoms with van der Waals surface area (Å²) in [6.07, 6.45) is 1.66. The van der Waals surface area contributed by atoms with Crippen molar-refractivity contribution in [1.29, 1.82) is 0 Å². The molecule has 0 saturated heterocycles. The fraction of sp³-hybridized carbons (Fsp3) is 0.250. The number of nitrogens with one attached hydrogen (secondary N) is 1. The predicted molar refractivity (Wildman–Crippen MR) is 102 cm³/mol. The van der Waals surface area contributed by atoms with Crippen LogP contribution in [0.3, 0.4) is 0 Å². The van der Waals surface area contributed by atoms with Crippen molar-refractivity contribution in [1.82, 2.24) is 10.2 Å². The lowest BCUT2D eigenvalue weighted by atomic mass is 10.2. The van der Waals surface area contributed by atoms with Gasteiger partial charge in [-0.3, -0.25) is 9.69 Å². The predicted octanol–water partition coefficient (Wildman–Crippen LogP) is 3.67. The molecule has 5 nitrogen and oxygen atoms in total. The van der Waals surface area contributed by atoms with Crippen LogP contribution in [0.2, 0.25) is 0 Å². The summed E-state index contributed by atoms with van der Waals surface area (Å²) >= 11 is 1.69. The fourth-order valence-corrected chi connectivity index (χ4v) is 3.36. The van der Waals surface area contributed by atoms with Gasteiger partial charge in [-0.05, 0) is 41.3 Å². The molecule has 0 aliphatic carbocycles. The van der Waals surface area contributed by atoms with Gasteiger partial charge in [-0.2, -0.15) is 0 Å². The van der Waals surface area contributed by atoms with Crippen molar-refractivity contribution in [2.45, 2.75) is 19.6 Å². The summed E-state index contributed by atoms with van der Waals surface area (Å²) in [6, 6.07) is 15.6. The summed E-state index contributed by atoms with van der Waals surface area (Å²) in [4.78, 5) is 15.7. The molecule has 1 amide bonds. The molecule has 0 aliphatic rings. The Balaban J connectivity index is 1.55. The van der Waals surface area contributed by atoms with Crippen LogP contribution in [0, 0.1) is 0 Å². The van der Waals surface area contributed by atoms with Crippen LogP contribution in [0.5, 0.6) is 5.75 Å². The number of carbonyl (C=O) groups excluding carboxylic acids is 1. The second kappa shape index (κ2) is 9.22. The van der Waals surface area contributed by atoms with E-state index in [4.69, 9.17) is 9.15 Å². The van der Waals surface area contributed by atoms with Gasteiger partial charge in [0.2, 0.25) is 5.91 Å². The Morgan fingerprint density at radius 2 is 2.00 bits per heavy atom. The van der Waals surface area contributed by atoms with Crippen LogP contribution in [-0.2, 0) is 24.4 Å². The zero-order valence-corrected chi connectivity index (χ0v) is 15.5. The number of hydrogen-bond acceptors (Lipinski definition) is 5. The molecule has 136 valence electrons. The summed E-state index contributed by atoms with van der Waals surface area (Å²) in [5, 5.41) is 5.02. The summed E-state index contributed by atoms with van der Waals surface area (Å²) in [7, 11) is 1.64. The minimum absolute atomic E-state index is 0.0102. The van der Waals surface area contributed by atoms with Crippen LogP contribution in [0.4, 0.5) is 0 Å². The quantitative estimate of drug-likeness (QED) is 0.624. The summed E-state index contributed by atoms with van der Waals surface area (Å²) in [5.41, 5.74) is 1.04. The molecule has 3 rings (SSSR count). The van der Waals surface area contributed by atoms with Gasteiger partial charge < -0.3 is 14.5 Å². The molecule has 0 saturated carbocycles. The molecule has 0 fully saturated rings. The summed E-state index contributed by atoms with van der Waals surface area (Å²) < 4.78 is 10.6. The largest absolute Gasteiger partial charge is 0.497 e. The molecule has 26 heavy (non-hydrogen) atoms. The zero-order chi connectivity index (χ0) is 18.2. The second-order valence-corrected chi connectivity index (χ2v) is 6.96. The van der Waals surface area contributed by atoms with Gasteiger partial charge in [0.25, 0.3) is 0 Å². The highest BCUT2D eigenvalue weighted by Gasteiger charge is 2.14. The standard InChI is InChI=1S/C20H22N2O3S/c1-24-17-8-6-16(7-9-17)12-21-20(23)15-22(13-18-4-2-10-25-18)14-19-5-3-11-26-19/h2-11H,12-15H2,1H3,(H,21,23). The number of rotatable bonds is 9. The van der Waals surface area contributed by atoms with Crippen LogP contribution in [0.25, 0.3) is 0 Å². The fourth-order valence-electron chi connectivity index (χ4n) is 2.62. The molecule has 1 N–H and O–H groups in total. The smallest absolute Gasteiger partial charge is 0.234 e. The van der Waals surface area contributed by atoms with Crippen molar-refractivity contribution in [2.24, 2.45) is 0 Å². The van der Waals surface area contributed by atoms with Gasteiger partial charge in [-0.25, -0.2) is 0 Å². The van der Waals surface area contributed by atoms with Crippen LogP contribution in [0.1, 0.15) is 16.2 Å². The van der Waals surface area contributed by atoms with Gasteiger partial charge in [-0.15, -0.1) is 11.3 Å². The average Bonchev–Trinajstić information content (AvgIpc) is 3.34. The number of amides is 1. The summed E-state index contributed by atoms with van der Waals surface area (Å²) in [6.45, 7) is 2.13. The Hall–Kier alpha value is -2.57. The van der Waals surface area contributed by atoms with Gasteiger partial charge in [0.05, 0.1) is 26.5 Å². The number of methoxy groups -OCH3 is 1. The Morgan fingerprint density at radius 1 is 1.15 bits per heavy atom. The lowest BCUT2D eigenvalue weighted by Crippen LogP contribution is -2.36. The lowest BCUT2D eigenvalue weighted by Gasteiger charge is -2.20. The van der Waals surface area contributed by atoms with E-state index in [1.165, 1.54) is 4.88 Å². The molecule has 0 radical (unpaired) electrons. The maximum absolute atomic E-state index is 12.4. The van der Waals surface area contributed by atoms with E-state index in [9.17, 15) is 4.79 Å². The van der Waals surface area contributed by atoms with Crippen LogP contribution < -0.4 is 10.1 Å². The van der Waals surface area contributed by atoms with Gasteiger partial charge >= 0.3 is 0 Å². The van der Waals surface area contributed by atoms with E-state index in [0.29, 0.717) is 26.2 Å². The number of benzene rings is 1. The van der Waals surface area contributed by atoms with Crippen molar-refractivity contribution < 1.29 is 13.9 Å². The second-order valence-electron chi connectivity index (χ2n) is 5.93. The van der Waals surface area contributed by atoms with Crippen molar-refractivity contribution in [3.05, 3.63) is 76.4 Å². The van der Waals surface area contributed by atoms with E-state index in [2.05, 4.69) is 16.3 Å². The Labute approximate surface area is 157 Å². The normalized spacial score (nSPS) is 10.8. The van der Waals surface area contributed by atoms with Crippen molar-refractivity contribution in [3.63, 3.8) is 0 Å². The van der Waals surface area contributed by atoms with Crippen LogP contribution >= 0.6 is 11.3 Å². The SMILES string of the molecule is COc1ccc(CNC(=O)CN(Cc2ccco2)Cc2cccs2)cc1. The van der Waals surface area contributed by atoms with Gasteiger partial charge in [0.15, 0.2) is 0 Å². The highest BCUT2D eigenvalue weighted by Crippen LogP contribution is 2.15. The molecule has 0 spiro atoms. The van der Waals surface area contributed by atoms with Crippen molar-refractivity contribution in [3.8, 4) is 5.75 Å². The lowest BCUT2D eigenvalue weighted by molar-refractivity contribution is -0.122. The molecule has 0 bridgehead atoms. The van der Waals surface area contributed by atoms with Crippen LogP contribution in [-0.4, -0.2) is 24.5 Å². The number of thiophene rings is 1. The van der Waals surface area contributed by atoms with E-state index in [-0.39, 0.29) is 5.91 Å². The first kappa shape index (κ1) is 18.2. The molecular weight excluding hydrogens is 348 g/mol. The van der Waals surface area contributed by atoms with E-state index in [0.717, 1.165) is 17.1 Å². The first-order valence-corrected chi connectivity index (χ1v) is 9.27. The van der Waals surface area contributed by atoms with Crippen molar-refractivity contribution in [2.75, 3.05) is 13.7 Å².